The molecule has 2 aromatic carbocycles. The molecule has 0 saturated carbocycles. The number of rotatable bonds is 4. The SMILES string of the molecule is Cc1ccc(C(C)N[C@H](C)c2ccc(Br)cc2)cc1F. The Morgan fingerprint density at radius 1 is 0.950 bits per heavy atom. The summed E-state index contributed by atoms with van der Waals surface area (Å²) in [6.07, 6.45) is 0. The van der Waals surface area contributed by atoms with Crippen LogP contribution in [0, 0.1) is 12.7 Å². The van der Waals surface area contributed by atoms with E-state index in [1.807, 2.05) is 24.3 Å². The van der Waals surface area contributed by atoms with Crippen molar-refractivity contribution in [3.8, 4) is 0 Å². The van der Waals surface area contributed by atoms with Crippen LogP contribution < -0.4 is 5.32 Å². The highest BCUT2D eigenvalue weighted by molar-refractivity contribution is 9.10. The lowest BCUT2D eigenvalue weighted by Gasteiger charge is -2.21. The van der Waals surface area contributed by atoms with Crippen molar-refractivity contribution in [3.05, 3.63) is 69.4 Å². The number of nitrogens with one attached hydrogen (secondary N) is 1. The zero-order valence-electron chi connectivity index (χ0n) is 12.0. The molecule has 0 aromatic heterocycles. The fourth-order valence-corrected chi connectivity index (χ4v) is 2.46. The topological polar surface area (TPSA) is 12.0 Å². The summed E-state index contributed by atoms with van der Waals surface area (Å²) in [4.78, 5) is 0. The Kier molecular flexibility index (Phi) is 4.95. The van der Waals surface area contributed by atoms with E-state index in [4.69, 9.17) is 0 Å². The van der Waals surface area contributed by atoms with Crippen molar-refractivity contribution in [1.29, 1.82) is 0 Å². The summed E-state index contributed by atoms with van der Waals surface area (Å²) < 4.78 is 14.7. The first-order valence-corrected chi connectivity index (χ1v) is 7.54. The maximum atomic E-state index is 13.6. The zero-order chi connectivity index (χ0) is 14.7. The van der Waals surface area contributed by atoms with Gasteiger partial charge in [0.15, 0.2) is 0 Å². The van der Waals surface area contributed by atoms with Crippen molar-refractivity contribution >= 4 is 15.9 Å². The molecule has 0 radical (unpaired) electrons. The van der Waals surface area contributed by atoms with Crippen molar-refractivity contribution in [3.63, 3.8) is 0 Å². The molecule has 0 heterocycles. The Morgan fingerprint density at radius 3 is 2.10 bits per heavy atom. The summed E-state index contributed by atoms with van der Waals surface area (Å²) >= 11 is 3.43. The van der Waals surface area contributed by atoms with Gasteiger partial charge < -0.3 is 5.32 Å². The maximum Gasteiger partial charge on any atom is 0.126 e. The summed E-state index contributed by atoms with van der Waals surface area (Å²) in [5.41, 5.74) is 2.87. The smallest absolute Gasteiger partial charge is 0.126 e. The molecule has 2 rings (SSSR count). The van der Waals surface area contributed by atoms with E-state index in [1.54, 1.807) is 13.0 Å². The van der Waals surface area contributed by atoms with Crippen LogP contribution in [0.3, 0.4) is 0 Å². The van der Waals surface area contributed by atoms with Crippen LogP contribution in [0.4, 0.5) is 4.39 Å². The van der Waals surface area contributed by atoms with Crippen molar-refractivity contribution < 1.29 is 4.39 Å². The lowest BCUT2D eigenvalue weighted by Crippen LogP contribution is -2.22. The van der Waals surface area contributed by atoms with Crippen LogP contribution >= 0.6 is 15.9 Å². The highest BCUT2D eigenvalue weighted by atomic mass is 79.9. The first kappa shape index (κ1) is 15.2. The molecule has 2 atom stereocenters. The molecule has 0 aliphatic heterocycles. The Labute approximate surface area is 128 Å². The minimum absolute atomic E-state index is 0.101. The van der Waals surface area contributed by atoms with Crippen molar-refractivity contribution in [2.75, 3.05) is 0 Å². The second-order valence-electron chi connectivity index (χ2n) is 5.17. The van der Waals surface area contributed by atoms with Gasteiger partial charge in [0.2, 0.25) is 0 Å². The van der Waals surface area contributed by atoms with Crippen LogP contribution in [0.25, 0.3) is 0 Å². The van der Waals surface area contributed by atoms with E-state index in [2.05, 4.69) is 47.2 Å². The highest BCUT2D eigenvalue weighted by Crippen LogP contribution is 2.22. The summed E-state index contributed by atoms with van der Waals surface area (Å²) in [5.74, 6) is -0.146. The number of aryl methyl sites for hydroxylation is 1. The van der Waals surface area contributed by atoms with Crippen molar-refractivity contribution in [2.45, 2.75) is 32.9 Å². The van der Waals surface area contributed by atoms with E-state index in [0.717, 1.165) is 10.0 Å². The molecule has 0 aliphatic rings. The second kappa shape index (κ2) is 6.51. The first-order chi connectivity index (χ1) is 9.47. The molecular formula is C17H19BrFN. The predicted molar refractivity (Wildman–Crippen MR) is 85.2 cm³/mol. The van der Waals surface area contributed by atoms with Gasteiger partial charge in [-0.25, -0.2) is 4.39 Å². The minimum Gasteiger partial charge on any atom is -0.304 e. The average Bonchev–Trinajstić information content (AvgIpc) is 2.42. The maximum absolute atomic E-state index is 13.6. The van der Waals surface area contributed by atoms with Gasteiger partial charge in [-0.3, -0.25) is 0 Å². The fraction of sp³-hybridized carbons (Fsp3) is 0.294. The van der Waals surface area contributed by atoms with Gasteiger partial charge in [-0.1, -0.05) is 40.2 Å². The van der Waals surface area contributed by atoms with Gasteiger partial charge in [0.25, 0.3) is 0 Å². The molecule has 1 unspecified atom stereocenters. The normalized spacial score (nSPS) is 14.1. The molecule has 0 aliphatic carbocycles. The first-order valence-electron chi connectivity index (χ1n) is 6.75. The molecule has 0 spiro atoms. The largest absolute Gasteiger partial charge is 0.304 e. The van der Waals surface area contributed by atoms with Gasteiger partial charge in [-0.2, -0.15) is 0 Å². The quantitative estimate of drug-likeness (QED) is 0.798. The summed E-state index contributed by atoms with van der Waals surface area (Å²) in [6.45, 7) is 5.95. The molecule has 0 bridgehead atoms. The molecule has 3 heteroatoms. The molecule has 106 valence electrons. The van der Waals surface area contributed by atoms with E-state index < -0.39 is 0 Å². The van der Waals surface area contributed by atoms with Gasteiger partial charge in [0.05, 0.1) is 0 Å². The highest BCUT2D eigenvalue weighted by Gasteiger charge is 2.12. The zero-order valence-corrected chi connectivity index (χ0v) is 13.5. The Bertz CT molecular complexity index is 580. The number of hydrogen-bond donors (Lipinski definition) is 1. The van der Waals surface area contributed by atoms with E-state index >= 15 is 0 Å². The van der Waals surface area contributed by atoms with Gasteiger partial charge in [-0.05, 0) is 55.7 Å². The van der Waals surface area contributed by atoms with E-state index in [-0.39, 0.29) is 17.9 Å². The van der Waals surface area contributed by atoms with Crippen LogP contribution in [-0.4, -0.2) is 0 Å². The third-order valence-electron chi connectivity index (χ3n) is 3.57. The lowest BCUT2D eigenvalue weighted by molar-refractivity contribution is 0.491. The van der Waals surface area contributed by atoms with Crippen molar-refractivity contribution in [2.24, 2.45) is 0 Å². The van der Waals surface area contributed by atoms with Crippen LogP contribution in [0.15, 0.2) is 46.9 Å². The second-order valence-corrected chi connectivity index (χ2v) is 6.09. The van der Waals surface area contributed by atoms with Crippen LogP contribution in [0.1, 0.15) is 42.6 Å². The van der Waals surface area contributed by atoms with Gasteiger partial charge >= 0.3 is 0 Å². The lowest BCUT2D eigenvalue weighted by atomic mass is 10.0. The molecule has 1 nitrogen and oxygen atoms in total. The molecular weight excluding hydrogens is 317 g/mol. The van der Waals surface area contributed by atoms with Crippen LogP contribution in [0.2, 0.25) is 0 Å². The predicted octanol–water partition coefficient (Wildman–Crippen LogP) is 5.31. The monoisotopic (exact) mass is 335 g/mol. The summed E-state index contributed by atoms with van der Waals surface area (Å²) in [7, 11) is 0. The fourth-order valence-electron chi connectivity index (χ4n) is 2.20. The third-order valence-corrected chi connectivity index (χ3v) is 4.09. The Balaban J connectivity index is 2.08. The Hall–Kier alpha value is -1.19. The van der Waals surface area contributed by atoms with Gasteiger partial charge in [-0.15, -0.1) is 0 Å². The molecule has 2 aromatic rings. The molecule has 20 heavy (non-hydrogen) atoms. The number of hydrogen-bond acceptors (Lipinski definition) is 1. The average molecular weight is 336 g/mol. The minimum atomic E-state index is -0.146. The van der Waals surface area contributed by atoms with Crippen molar-refractivity contribution in [1.82, 2.24) is 5.32 Å². The number of halogens is 2. The summed E-state index contributed by atoms with van der Waals surface area (Å²) in [5, 5.41) is 3.50. The number of benzene rings is 2. The summed E-state index contributed by atoms with van der Waals surface area (Å²) in [6, 6.07) is 14.0. The van der Waals surface area contributed by atoms with Gasteiger partial charge in [0.1, 0.15) is 5.82 Å². The van der Waals surface area contributed by atoms with E-state index in [0.29, 0.717) is 5.56 Å². The molecule has 0 amide bonds. The Morgan fingerprint density at radius 2 is 1.50 bits per heavy atom. The molecule has 0 saturated heterocycles. The van der Waals surface area contributed by atoms with Crippen LogP contribution in [0.5, 0.6) is 0 Å². The molecule has 0 fully saturated rings. The molecule has 1 N–H and O–H groups in total. The third kappa shape index (κ3) is 3.68. The van der Waals surface area contributed by atoms with Gasteiger partial charge in [0, 0.05) is 16.6 Å². The van der Waals surface area contributed by atoms with E-state index in [9.17, 15) is 4.39 Å². The van der Waals surface area contributed by atoms with E-state index in [1.165, 1.54) is 5.56 Å². The van der Waals surface area contributed by atoms with Crippen LogP contribution in [-0.2, 0) is 0 Å². The standard InChI is InChI=1S/C17H19BrFN/c1-11-4-5-15(10-17(11)19)13(3)20-12(2)14-6-8-16(18)9-7-14/h4-10,12-13,20H,1-3H3/t12-,13?/m1/s1.